The van der Waals surface area contributed by atoms with Crippen molar-refractivity contribution >= 4 is 11.9 Å². The molecule has 2 aliphatic rings. The molecule has 27 heavy (non-hydrogen) atoms. The molecule has 3 rings (SSSR count). The molecular formula is C21H33N3O3. The molecule has 2 N–H and O–H groups in total. The predicted molar refractivity (Wildman–Crippen MR) is 104 cm³/mol. The molecule has 6 heteroatoms. The predicted octanol–water partition coefficient (Wildman–Crippen LogP) is 3.47. The van der Waals surface area contributed by atoms with Crippen LogP contribution in [0.4, 0.5) is 4.79 Å². The van der Waals surface area contributed by atoms with Crippen molar-refractivity contribution in [2.24, 2.45) is 5.92 Å². The highest BCUT2D eigenvalue weighted by Gasteiger charge is 2.26. The number of urea groups is 1. The van der Waals surface area contributed by atoms with Gasteiger partial charge in [-0.3, -0.25) is 4.79 Å². The number of likely N-dealkylation sites (tertiary alicyclic amines) is 1. The summed E-state index contributed by atoms with van der Waals surface area (Å²) in [5, 5.41) is 6.25. The number of hydrogen-bond donors (Lipinski definition) is 2. The molecule has 1 aliphatic carbocycles. The maximum atomic E-state index is 12.4. The number of nitrogens with zero attached hydrogens (tertiary/aromatic N) is 1. The molecule has 0 radical (unpaired) electrons. The van der Waals surface area contributed by atoms with E-state index in [1.807, 2.05) is 24.0 Å². The molecule has 1 aliphatic heterocycles. The summed E-state index contributed by atoms with van der Waals surface area (Å²) < 4.78 is 5.33. The molecule has 0 spiro atoms. The zero-order valence-corrected chi connectivity index (χ0v) is 16.4. The van der Waals surface area contributed by atoms with Gasteiger partial charge in [-0.15, -0.1) is 0 Å². The minimum Gasteiger partial charge on any atom is -0.469 e. The van der Waals surface area contributed by atoms with Gasteiger partial charge in [-0.05, 0) is 50.7 Å². The fourth-order valence-corrected chi connectivity index (χ4v) is 4.23. The van der Waals surface area contributed by atoms with Crippen molar-refractivity contribution < 1.29 is 14.0 Å². The molecule has 2 fully saturated rings. The quantitative estimate of drug-likeness (QED) is 0.799. The third-order valence-corrected chi connectivity index (χ3v) is 5.80. The van der Waals surface area contributed by atoms with Gasteiger partial charge >= 0.3 is 6.03 Å². The van der Waals surface area contributed by atoms with Crippen LogP contribution < -0.4 is 10.6 Å². The average Bonchev–Trinajstić information content (AvgIpc) is 3.15. The number of nitrogens with one attached hydrogen (secondary N) is 2. The third-order valence-electron chi connectivity index (χ3n) is 5.80. The molecule has 1 aromatic rings. The molecule has 3 amide bonds. The van der Waals surface area contributed by atoms with Crippen molar-refractivity contribution in [1.29, 1.82) is 0 Å². The van der Waals surface area contributed by atoms with E-state index in [1.54, 1.807) is 6.26 Å². The molecule has 0 unspecified atom stereocenters. The van der Waals surface area contributed by atoms with Crippen molar-refractivity contribution in [3.8, 4) is 0 Å². The van der Waals surface area contributed by atoms with Crippen LogP contribution in [-0.4, -0.2) is 42.0 Å². The van der Waals surface area contributed by atoms with E-state index < -0.39 is 0 Å². The van der Waals surface area contributed by atoms with Gasteiger partial charge in [0.05, 0.1) is 6.26 Å². The fourth-order valence-electron chi connectivity index (χ4n) is 4.23. The summed E-state index contributed by atoms with van der Waals surface area (Å²) in [6.45, 7) is 3.50. The summed E-state index contributed by atoms with van der Waals surface area (Å²) in [4.78, 5) is 26.6. The minimum atomic E-state index is 0.0602. The summed E-state index contributed by atoms with van der Waals surface area (Å²) >= 11 is 0. The summed E-state index contributed by atoms with van der Waals surface area (Å²) in [6.07, 6.45) is 10.7. The van der Waals surface area contributed by atoms with Gasteiger partial charge in [-0.2, -0.15) is 0 Å². The first-order chi connectivity index (χ1) is 13.1. The number of rotatable bonds is 6. The van der Waals surface area contributed by atoms with Gasteiger partial charge < -0.3 is 20.0 Å². The van der Waals surface area contributed by atoms with Gasteiger partial charge in [-0.25, -0.2) is 4.79 Å². The molecule has 1 saturated carbocycles. The highest BCUT2D eigenvalue weighted by Crippen LogP contribution is 2.22. The Morgan fingerprint density at radius 1 is 1.19 bits per heavy atom. The average molecular weight is 376 g/mol. The third kappa shape index (κ3) is 6.29. The fraction of sp³-hybridized carbons (Fsp3) is 0.714. The van der Waals surface area contributed by atoms with E-state index >= 15 is 0 Å². The van der Waals surface area contributed by atoms with Gasteiger partial charge in [0.2, 0.25) is 5.91 Å². The van der Waals surface area contributed by atoms with Crippen LogP contribution in [0.5, 0.6) is 0 Å². The van der Waals surface area contributed by atoms with Gasteiger partial charge in [-0.1, -0.05) is 19.3 Å². The van der Waals surface area contributed by atoms with E-state index in [2.05, 4.69) is 10.6 Å². The molecule has 0 aromatic carbocycles. The number of carbonyl (C=O) groups excluding carboxylic acids is 2. The van der Waals surface area contributed by atoms with Crippen LogP contribution >= 0.6 is 0 Å². The number of piperidine rings is 1. The molecule has 1 atom stereocenters. The Hall–Kier alpha value is -1.98. The Morgan fingerprint density at radius 2 is 1.93 bits per heavy atom. The Kier molecular flexibility index (Phi) is 7.18. The Bertz CT molecular complexity index is 588. The molecule has 0 bridgehead atoms. The smallest absolute Gasteiger partial charge is 0.317 e. The molecule has 6 nitrogen and oxygen atoms in total. The second-order valence-corrected chi connectivity index (χ2v) is 8.17. The largest absolute Gasteiger partial charge is 0.469 e. The zero-order chi connectivity index (χ0) is 19.1. The Morgan fingerprint density at radius 3 is 2.59 bits per heavy atom. The van der Waals surface area contributed by atoms with E-state index in [1.165, 1.54) is 19.3 Å². The second-order valence-electron chi connectivity index (χ2n) is 8.17. The monoisotopic (exact) mass is 375 g/mol. The number of hydrogen-bond acceptors (Lipinski definition) is 3. The van der Waals surface area contributed by atoms with Crippen LogP contribution in [0, 0.1) is 5.92 Å². The van der Waals surface area contributed by atoms with E-state index in [0.29, 0.717) is 24.8 Å². The topological polar surface area (TPSA) is 74.6 Å². The van der Waals surface area contributed by atoms with Crippen LogP contribution in [0.3, 0.4) is 0 Å². The van der Waals surface area contributed by atoms with E-state index in [9.17, 15) is 9.59 Å². The second kappa shape index (κ2) is 9.81. The first-order valence-electron chi connectivity index (χ1n) is 10.5. The maximum absolute atomic E-state index is 12.4. The van der Waals surface area contributed by atoms with Crippen molar-refractivity contribution in [2.75, 3.05) is 13.1 Å². The summed E-state index contributed by atoms with van der Waals surface area (Å²) in [5.74, 6) is 1.35. The first kappa shape index (κ1) is 19.8. The van der Waals surface area contributed by atoms with Gasteiger partial charge in [0.15, 0.2) is 0 Å². The summed E-state index contributed by atoms with van der Waals surface area (Å²) in [5.41, 5.74) is 0. The number of carbonyl (C=O) groups is 2. The lowest BCUT2D eigenvalue weighted by Crippen LogP contribution is -2.48. The highest BCUT2D eigenvalue weighted by molar-refractivity contribution is 5.77. The van der Waals surface area contributed by atoms with Crippen molar-refractivity contribution in [2.45, 2.75) is 76.8 Å². The van der Waals surface area contributed by atoms with Crippen LogP contribution in [0.2, 0.25) is 0 Å². The lowest BCUT2D eigenvalue weighted by Gasteiger charge is -2.34. The van der Waals surface area contributed by atoms with Gasteiger partial charge in [0, 0.05) is 38.0 Å². The van der Waals surface area contributed by atoms with Crippen LogP contribution in [0.1, 0.15) is 64.1 Å². The van der Waals surface area contributed by atoms with E-state index in [0.717, 1.165) is 44.5 Å². The molecule has 1 aromatic heterocycles. The van der Waals surface area contributed by atoms with E-state index in [-0.39, 0.29) is 18.0 Å². The standard InChI is InChI=1S/C21H33N3O3/c1-16(14-19-8-5-13-27-19)22-20(25)15-17-9-11-24(12-10-17)21(26)23-18-6-3-2-4-7-18/h5,8,13,16-18H,2-4,6-7,9-12,14-15H2,1H3,(H,22,25)(H,23,26)/t16-/m1/s1. The maximum Gasteiger partial charge on any atom is 0.317 e. The molecule has 150 valence electrons. The van der Waals surface area contributed by atoms with Crippen molar-refractivity contribution in [1.82, 2.24) is 15.5 Å². The lowest BCUT2D eigenvalue weighted by molar-refractivity contribution is -0.122. The first-order valence-corrected chi connectivity index (χ1v) is 10.5. The van der Waals surface area contributed by atoms with Crippen LogP contribution in [0.25, 0.3) is 0 Å². The molecular weight excluding hydrogens is 342 g/mol. The Labute approximate surface area is 162 Å². The van der Waals surface area contributed by atoms with E-state index in [4.69, 9.17) is 4.42 Å². The summed E-state index contributed by atoms with van der Waals surface area (Å²) in [7, 11) is 0. The minimum absolute atomic E-state index is 0.0602. The molecule has 1 saturated heterocycles. The highest BCUT2D eigenvalue weighted by atomic mass is 16.3. The van der Waals surface area contributed by atoms with Crippen molar-refractivity contribution in [3.05, 3.63) is 24.2 Å². The van der Waals surface area contributed by atoms with Gasteiger partial charge in [0.25, 0.3) is 0 Å². The Balaban J connectivity index is 1.33. The SMILES string of the molecule is C[C@H](Cc1ccco1)NC(=O)CC1CCN(C(=O)NC2CCCCC2)CC1. The lowest BCUT2D eigenvalue weighted by atomic mass is 9.93. The van der Waals surface area contributed by atoms with Crippen LogP contribution in [0.15, 0.2) is 22.8 Å². The number of amides is 3. The van der Waals surface area contributed by atoms with Crippen LogP contribution in [-0.2, 0) is 11.2 Å². The summed E-state index contributed by atoms with van der Waals surface area (Å²) in [6, 6.07) is 4.28. The van der Waals surface area contributed by atoms with Gasteiger partial charge in [0.1, 0.15) is 5.76 Å². The zero-order valence-electron chi connectivity index (χ0n) is 16.4. The number of furan rings is 1. The normalized spacial score (nSPS) is 20.3. The molecule has 2 heterocycles. The van der Waals surface area contributed by atoms with Crippen molar-refractivity contribution in [3.63, 3.8) is 0 Å².